The third-order valence-electron chi connectivity index (χ3n) is 5.26. The van der Waals surface area contributed by atoms with Gasteiger partial charge in [-0.25, -0.2) is 0 Å². The van der Waals surface area contributed by atoms with Gasteiger partial charge in [-0.15, -0.1) is 0 Å². The van der Waals surface area contributed by atoms with Gasteiger partial charge in [0.1, 0.15) is 18.5 Å². The number of carbonyl (C=O) groups is 1. The van der Waals surface area contributed by atoms with E-state index in [1.807, 2.05) is 31.2 Å². The normalized spacial score (nSPS) is 21.4. The number of aliphatic hydroxyl groups is 1. The second-order valence-electron chi connectivity index (χ2n) is 7.36. The van der Waals surface area contributed by atoms with Crippen LogP contribution in [0.3, 0.4) is 0 Å². The topological polar surface area (TPSA) is 53.0 Å². The van der Waals surface area contributed by atoms with E-state index in [0.717, 1.165) is 63.1 Å². The molecule has 1 aromatic rings. The van der Waals surface area contributed by atoms with Gasteiger partial charge in [0.2, 0.25) is 5.91 Å². The zero-order valence-electron chi connectivity index (χ0n) is 15.2. The molecule has 25 heavy (non-hydrogen) atoms. The lowest BCUT2D eigenvalue weighted by molar-refractivity contribution is -0.136. The number of nitrogens with zero attached hydrogens (tertiary/aromatic N) is 2. The Labute approximate surface area is 150 Å². The highest BCUT2D eigenvalue weighted by molar-refractivity contribution is 5.77. The lowest BCUT2D eigenvalue weighted by Crippen LogP contribution is -2.50. The standard InChI is InChI=1S/C20H30N2O3/c1-16-5-4-6-19(13-16)25-15-18(23)14-21-11-8-17(9-12-21)22-10-3-2-7-20(22)24/h4-6,13,17-18,23H,2-3,7-12,14-15H2,1H3. The maximum atomic E-state index is 12.1. The van der Waals surface area contributed by atoms with Crippen LogP contribution >= 0.6 is 0 Å². The molecular weight excluding hydrogens is 316 g/mol. The van der Waals surface area contributed by atoms with Gasteiger partial charge in [-0.2, -0.15) is 0 Å². The number of carbonyl (C=O) groups excluding carboxylic acids is 1. The predicted octanol–water partition coefficient (Wildman–Crippen LogP) is 2.21. The molecule has 0 radical (unpaired) electrons. The van der Waals surface area contributed by atoms with Crippen molar-refractivity contribution < 1.29 is 14.6 Å². The first-order chi connectivity index (χ1) is 12.1. The van der Waals surface area contributed by atoms with E-state index in [1.165, 1.54) is 0 Å². The van der Waals surface area contributed by atoms with Crippen LogP contribution in [0.2, 0.25) is 0 Å². The first-order valence-corrected chi connectivity index (χ1v) is 9.51. The Morgan fingerprint density at radius 1 is 1.24 bits per heavy atom. The first-order valence-electron chi connectivity index (χ1n) is 9.51. The van der Waals surface area contributed by atoms with Crippen LogP contribution in [0.25, 0.3) is 0 Å². The van der Waals surface area contributed by atoms with Crippen molar-refractivity contribution in [2.45, 2.75) is 51.2 Å². The number of rotatable bonds is 6. The van der Waals surface area contributed by atoms with Crippen LogP contribution in [0.5, 0.6) is 5.75 Å². The molecule has 5 nitrogen and oxygen atoms in total. The predicted molar refractivity (Wildman–Crippen MR) is 97.7 cm³/mol. The Hall–Kier alpha value is -1.59. The summed E-state index contributed by atoms with van der Waals surface area (Å²) in [4.78, 5) is 16.4. The maximum Gasteiger partial charge on any atom is 0.222 e. The van der Waals surface area contributed by atoms with Gasteiger partial charge in [0.15, 0.2) is 0 Å². The van der Waals surface area contributed by atoms with Crippen molar-refractivity contribution >= 4 is 5.91 Å². The molecule has 2 saturated heterocycles. The number of likely N-dealkylation sites (tertiary alicyclic amines) is 2. The number of aliphatic hydroxyl groups excluding tert-OH is 1. The lowest BCUT2D eigenvalue weighted by atomic mass is 9.99. The molecule has 2 aliphatic rings. The molecule has 0 spiro atoms. The highest BCUT2D eigenvalue weighted by Crippen LogP contribution is 2.22. The Morgan fingerprint density at radius 2 is 2.04 bits per heavy atom. The van der Waals surface area contributed by atoms with E-state index in [4.69, 9.17) is 4.74 Å². The highest BCUT2D eigenvalue weighted by atomic mass is 16.5. The summed E-state index contributed by atoms with van der Waals surface area (Å²) < 4.78 is 5.69. The van der Waals surface area contributed by atoms with Crippen molar-refractivity contribution in [3.05, 3.63) is 29.8 Å². The van der Waals surface area contributed by atoms with E-state index in [1.54, 1.807) is 0 Å². The van der Waals surface area contributed by atoms with Crippen molar-refractivity contribution in [1.29, 1.82) is 0 Å². The van der Waals surface area contributed by atoms with Crippen LogP contribution in [0, 0.1) is 6.92 Å². The van der Waals surface area contributed by atoms with Gasteiger partial charge in [-0.05, 0) is 50.3 Å². The highest BCUT2D eigenvalue weighted by Gasteiger charge is 2.29. The summed E-state index contributed by atoms with van der Waals surface area (Å²) in [5, 5.41) is 10.3. The second-order valence-corrected chi connectivity index (χ2v) is 7.36. The minimum Gasteiger partial charge on any atom is -0.491 e. The Morgan fingerprint density at radius 3 is 2.76 bits per heavy atom. The molecule has 0 aromatic heterocycles. The van der Waals surface area contributed by atoms with Crippen LogP contribution in [0.1, 0.15) is 37.7 Å². The number of aryl methyl sites for hydroxylation is 1. The van der Waals surface area contributed by atoms with E-state index in [2.05, 4.69) is 9.80 Å². The smallest absolute Gasteiger partial charge is 0.222 e. The van der Waals surface area contributed by atoms with E-state index in [-0.39, 0.29) is 0 Å². The van der Waals surface area contributed by atoms with Gasteiger partial charge < -0.3 is 19.6 Å². The molecule has 0 bridgehead atoms. The third-order valence-corrected chi connectivity index (χ3v) is 5.26. The molecule has 1 aromatic carbocycles. The zero-order valence-corrected chi connectivity index (χ0v) is 15.2. The molecule has 138 valence electrons. The quantitative estimate of drug-likeness (QED) is 0.858. The van der Waals surface area contributed by atoms with Crippen LogP contribution in [-0.4, -0.2) is 65.7 Å². The summed E-state index contributed by atoms with van der Waals surface area (Å²) in [6, 6.07) is 8.28. The summed E-state index contributed by atoms with van der Waals surface area (Å²) in [7, 11) is 0. The largest absolute Gasteiger partial charge is 0.491 e. The number of β-amino-alcohol motifs (C(OH)–C–C–N with tert-alkyl or cyclic N) is 1. The summed E-state index contributed by atoms with van der Waals surface area (Å²) in [6.45, 7) is 5.78. The molecule has 1 atom stereocenters. The van der Waals surface area contributed by atoms with Gasteiger partial charge in [-0.3, -0.25) is 4.79 Å². The summed E-state index contributed by atoms with van der Waals surface area (Å²) in [6.07, 6.45) is 4.43. The zero-order chi connectivity index (χ0) is 17.6. The van der Waals surface area contributed by atoms with Crippen LogP contribution in [0.15, 0.2) is 24.3 Å². The summed E-state index contributed by atoms with van der Waals surface area (Å²) >= 11 is 0. The minimum absolute atomic E-state index is 0.313. The van der Waals surface area contributed by atoms with Crippen LogP contribution < -0.4 is 4.74 Å². The molecule has 1 N–H and O–H groups in total. The summed E-state index contributed by atoms with van der Waals surface area (Å²) in [5.74, 6) is 1.14. The minimum atomic E-state index is -0.492. The number of benzene rings is 1. The molecule has 2 aliphatic heterocycles. The fraction of sp³-hybridized carbons (Fsp3) is 0.650. The monoisotopic (exact) mass is 346 g/mol. The first kappa shape index (κ1) is 18.2. The van der Waals surface area contributed by atoms with Gasteiger partial charge >= 0.3 is 0 Å². The van der Waals surface area contributed by atoms with Crippen molar-refractivity contribution in [1.82, 2.24) is 9.80 Å². The molecule has 1 unspecified atom stereocenters. The van der Waals surface area contributed by atoms with Crippen molar-refractivity contribution in [2.24, 2.45) is 0 Å². The van der Waals surface area contributed by atoms with Gasteiger partial charge in [0.05, 0.1) is 0 Å². The molecular formula is C20H30N2O3. The number of hydrogen-bond acceptors (Lipinski definition) is 4. The van der Waals surface area contributed by atoms with E-state index >= 15 is 0 Å². The number of hydrogen-bond donors (Lipinski definition) is 1. The number of ether oxygens (including phenoxy) is 1. The molecule has 5 heteroatoms. The molecule has 0 aliphatic carbocycles. The fourth-order valence-corrected chi connectivity index (χ4v) is 3.87. The van der Waals surface area contributed by atoms with E-state index in [0.29, 0.717) is 25.1 Å². The van der Waals surface area contributed by atoms with Crippen LogP contribution in [0.4, 0.5) is 0 Å². The second kappa shape index (κ2) is 8.68. The average molecular weight is 346 g/mol. The van der Waals surface area contributed by atoms with E-state index in [9.17, 15) is 9.90 Å². The van der Waals surface area contributed by atoms with Crippen molar-refractivity contribution in [2.75, 3.05) is 32.8 Å². The average Bonchev–Trinajstić information content (AvgIpc) is 2.61. The molecule has 3 rings (SSSR count). The number of amides is 1. The fourth-order valence-electron chi connectivity index (χ4n) is 3.87. The molecule has 1 amide bonds. The van der Waals surface area contributed by atoms with E-state index < -0.39 is 6.10 Å². The molecule has 0 saturated carbocycles. The SMILES string of the molecule is Cc1cccc(OCC(O)CN2CCC(N3CCCCC3=O)CC2)c1. The summed E-state index contributed by atoms with van der Waals surface area (Å²) in [5.41, 5.74) is 1.15. The Balaban J connectivity index is 1.38. The number of piperidine rings is 2. The maximum absolute atomic E-state index is 12.1. The Kier molecular flexibility index (Phi) is 6.32. The van der Waals surface area contributed by atoms with Gasteiger partial charge in [0.25, 0.3) is 0 Å². The van der Waals surface area contributed by atoms with Crippen LogP contribution in [-0.2, 0) is 4.79 Å². The third kappa shape index (κ3) is 5.19. The molecule has 2 heterocycles. The lowest BCUT2D eigenvalue weighted by Gasteiger charge is -2.40. The van der Waals surface area contributed by atoms with Gasteiger partial charge in [-0.1, -0.05) is 12.1 Å². The van der Waals surface area contributed by atoms with Gasteiger partial charge in [0, 0.05) is 38.6 Å². The van der Waals surface area contributed by atoms with Crippen molar-refractivity contribution in [3.63, 3.8) is 0 Å². The molecule has 2 fully saturated rings. The Bertz CT molecular complexity index is 570. The van der Waals surface area contributed by atoms with Crippen molar-refractivity contribution in [3.8, 4) is 5.75 Å².